The zero-order chi connectivity index (χ0) is 11.3. The molecule has 0 spiro atoms. The van der Waals surface area contributed by atoms with E-state index in [1.807, 2.05) is 6.07 Å². The van der Waals surface area contributed by atoms with E-state index in [2.05, 4.69) is 18.8 Å². The number of aromatic nitrogens is 1. The first kappa shape index (κ1) is 11.9. The maximum atomic E-state index is 8.90. The number of hydrogen-bond donors (Lipinski definition) is 2. The second-order valence-electron chi connectivity index (χ2n) is 3.95. The summed E-state index contributed by atoms with van der Waals surface area (Å²) in [5.41, 5.74) is 6.46. The zero-order valence-corrected chi connectivity index (χ0v) is 9.18. The lowest BCUT2D eigenvalue weighted by Crippen LogP contribution is -2.15. The topological polar surface area (TPSA) is 68.4 Å². The Labute approximate surface area is 90.1 Å². The van der Waals surface area contributed by atoms with Crippen LogP contribution in [-0.2, 0) is 0 Å². The molecule has 0 amide bonds. The second kappa shape index (κ2) is 5.68. The summed E-state index contributed by atoms with van der Waals surface area (Å²) in [5.74, 6) is 1.17. The van der Waals surface area contributed by atoms with Crippen molar-refractivity contribution in [3.8, 4) is 5.75 Å². The first-order valence-corrected chi connectivity index (χ1v) is 5.07. The van der Waals surface area contributed by atoms with Crippen molar-refractivity contribution >= 4 is 0 Å². The van der Waals surface area contributed by atoms with Gasteiger partial charge in [-0.2, -0.15) is 0 Å². The van der Waals surface area contributed by atoms with Gasteiger partial charge in [-0.1, -0.05) is 13.8 Å². The summed E-state index contributed by atoms with van der Waals surface area (Å²) in [6.45, 7) is 4.72. The highest BCUT2D eigenvalue weighted by Crippen LogP contribution is 2.16. The van der Waals surface area contributed by atoms with E-state index >= 15 is 0 Å². The quantitative estimate of drug-likeness (QED) is 0.764. The van der Waals surface area contributed by atoms with Crippen molar-refractivity contribution in [2.24, 2.45) is 11.7 Å². The third-order valence-corrected chi connectivity index (χ3v) is 1.94. The molecule has 1 aromatic rings. The summed E-state index contributed by atoms with van der Waals surface area (Å²) in [4.78, 5) is 4.02. The van der Waals surface area contributed by atoms with Crippen LogP contribution in [0.2, 0.25) is 0 Å². The maximum Gasteiger partial charge on any atom is 0.137 e. The van der Waals surface area contributed by atoms with Crippen LogP contribution < -0.4 is 10.5 Å². The van der Waals surface area contributed by atoms with E-state index in [4.69, 9.17) is 15.6 Å². The molecule has 0 bridgehead atoms. The first-order chi connectivity index (χ1) is 7.13. The minimum Gasteiger partial charge on any atom is -0.492 e. The summed E-state index contributed by atoms with van der Waals surface area (Å²) in [5, 5.41) is 8.90. The van der Waals surface area contributed by atoms with Gasteiger partial charge in [-0.15, -0.1) is 0 Å². The molecule has 0 aliphatic rings. The van der Waals surface area contributed by atoms with E-state index in [-0.39, 0.29) is 12.6 Å². The molecule has 0 saturated carbocycles. The van der Waals surface area contributed by atoms with Gasteiger partial charge in [0, 0.05) is 6.20 Å². The third-order valence-electron chi connectivity index (χ3n) is 1.94. The molecule has 15 heavy (non-hydrogen) atoms. The van der Waals surface area contributed by atoms with E-state index in [9.17, 15) is 0 Å². The van der Waals surface area contributed by atoms with Crippen molar-refractivity contribution in [3.05, 3.63) is 24.0 Å². The van der Waals surface area contributed by atoms with Gasteiger partial charge in [0.2, 0.25) is 0 Å². The van der Waals surface area contributed by atoms with Crippen LogP contribution in [0.1, 0.15) is 25.5 Å². The number of aliphatic hydroxyl groups is 1. The van der Waals surface area contributed by atoms with Gasteiger partial charge in [-0.05, 0) is 17.5 Å². The fourth-order valence-corrected chi connectivity index (χ4v) is 1.09. The minimum absolute atomic E-state index is 0.0880. The van der Waals surface area contributed by atoms with Crippen molar-refractivity contribution in [2.45, 2.75) is 19.9 Å². The Morgan fingerprint density at radius 1 is 1.47 bits per heavy atom. The van der Waals surface area contributed by atoms with Gasteiger partial charge in [0.1, 0.15) is 5.75 Å². The van der Waals surface area contributed by atoms with Gasteiger partial charge in [0.05, 0.1) is 25.5 Å². The Balaban J connectivity index is 2.65. The van der Waals surface area contributed by atoms with Crippen molar-refractivity contribution in [1.82, 2.24) is 4.98 Å². The Morgan fingerprint density at radius 2 is 2.20 bits per heavy atom. The van der Waals surface area contributed by atoms with E-state index in [1.54, 1.807) is 12.4 Å². The normalized spacial score (nSPS) is 12.9. The predicted octanol–water partition coefficient (Wildman–Crippen LogP) is 1.11. The molecule has 1 unspecified atom stereocenters. The monoisotopic (exact) mass is 210 g/mol. The molecule has 0 aliphatic heterocycles. The fourth-order valence-electron chi connectivity index (χ4n) is 1.09. The standard InChI is InChI=1S/C11H18N2O2/c1-8(2)7-15-10-3-9(4-13-5-10)11(12)6-14/h3-5,8,11,14H,6-7,12H2,1-2H3. The summed E-state index contributed by atoms with van der Waals surface area (Å²) >= 11 is 0. The molecule has 0 fully saturated rings. The number of nitrogens with two attached hydrogens (primary N) is 1. The van der Waals surface area contributed by atoms with Gasteiger partial charge in [0.15, 0.2) is 0 Å². The van der Waals surface area contributed by atoms with Crippen LogP contribution in [0.15, 0.2) is 18.5 Å². The molecule has 84 valence electrons. The second-order valence-corrected chi connectivity index (χ2v) is 3.95. The third kappa shape index (κ3) is 3.85. The van der Waals surface area contributed by atoms with Gasteiger partial charge in [-0.25, -0.2) is 0 Å². The highest BCUT2D eigenvalue weighted by atomic mass is 16.5. The minimum atomic E-state index is -0.389. The van der Waals surface area contributed by atoms with Gasteiger partial charge >= 0.3 is 0 Å². The van der Waals surface area contributed by atoms with Crippen LogP contribution in [0, 0.1) is 5.92 Å². The summed E-state index contributed by atoms with van der Waals surface area (Å²) in [7, 11) is 0. The van der Waals surface area contributed by atoms with Crippen LogP contribution in [0.4, 0.5) is 0 Å². The lowest BCUT2D eigenvalue weighted by molar-refractivity contribution is 0.262. The van der Waals surface area contributed by atoms with Crippen LogP contribution in [0.3, 0.4) is 0 Å². The van der Waals surface area contributed by atoms with E-state index in [1.165, 1.54) is 0 Å². The Hall–Kier alpha value is -1.13. The molecule has 1 aromatic heterocycles. The lowest BCUT2D eigenvalue weighted by Gasteiger charge is -2.11. The molecular formula is C11H18N2O2. The van der Waals surface area contributed by atoms with Crippen LogP contribution >= 0.6 is 0 Å². The largest absolute Gasteiger partial charge is 0.492 e. The van der Waals surface area contributed by atoms with Gasteiger partial charge < -0.3 is 15.6 Å². The molecule has 0 saturated heterocycles. The molecule has 0 aromatic carbocycles. The lowest BCUT2D eigenvalue weighted by atomic mass is 10.1. The Bertz CT molecular complexity index is 302. The average molecular weight is 210 g/mol. The Kier molecular flexibility index (Phi) is 4.52. The first-order valence-electron chi connectivity index (χ1n) is 5.07. The number of pyridine rings is 1. The summed E-state index contributed by atoms with van der Waals surface area (Å²) in [6.07, 6.45) is 3.29. The molecule has 4 nitrogen and oxygen atoms in total. The smallest absolute Gasteiger partial charge is 0.137 e. The molecule has 1 heterocycles. The predicted molar refractivity (Wildman–Crippen MR) is 58.6 cm³/mol. The van der Waals surface area contributed by atoms with Gasteiger partial charge in [0.25, 0.3) is 0 Å². The van der Waals surface area contributed by atoms with Crippen molar-refractivity contribution < 1.29 is 9.84 Å². The van der Waals surface area contributed by atoms with E-state index in [0.717, 1.165) is 5.56 Å². The number of hydrogen-bond acceptors (Lipinski definition) is 4. The molecule has 1 rings (SSSR count). The highest BCUT2D eigenvalue weighted by Gasteiger charge is 2.06. The molecule has 0 aliphatic carbocycles. The van der Waals surface area contributed by atoms with Gasteiger partial charge in [-0.3, -0.25) is 4.98 Å². The Morgan fingerprint density at radius 3 is 2.80 bits per heavy atom. The van der Waals surface area contributed by atoms with Crippen LogP contribution in [0.5, 0.6) is 5.75 Å². The number of ether oxygens (including phenoxy) is 1. The highest BCUT2D eigenvalue weighted by molar-refractivity contribution is 5.25. The average Bonchev–Trinajstić information content (AvgIpc) is 2.25. The fraction of sp³-hybridized carbons (Fsp3) is 0.545. The van der Waals surface area contributed by atoms with Crippen LogP contribution in [-0.4, -0.2) is 23.3 Å². The molecule has 1 atom stereocenters. The summed E-state index contributed by atoms with van der Waals surface area (Å²) < 4.78 is 5.50. The number of rotatable bonds is 5. The molecule has 4 heteroatoms. The number of aliphatic hydroxyl groups excluding tert-OH is 1. The summed E-state index contributed by atoms with van der Waals surface area (Å²) in [6, 6.07) is 1.43. The molecule has 0 radical (unpaired) electrons. The number of nitrogens with zero attached hydrogens (tertiary/aromatic N) is 1. The van der Waals surface area contributed by atoms with Crippen LogP contribution in [0.25, 0.3) is 0 Å². The SMILES string of the molecule is CC(C)COc1cncc(C(N)CO)c1. The van der Waals surface area contributed by atoms with E-state index < -0.39 is 0 Å². The molecular weight excluding hydrogens is 192 g/mol. The zero-order valence-electron chi connectivity index (χ0n) is 9.18. The van der Waals surface area contributed by atoms with Crippen molar-refractivity contribution in [3.63, 3.8) is 0 Å². The van der Waals surface area contributed by atoms with Crippen molar-refractivity contribution in [1.29, 1.82) is 0 Å². The molecule has 3 N–H and O–H groups in total. The van der Waals surface area contributed by atoms with E-state index in [0.29, 0.717) is 18.3 Å². The van der Waals surface area contributed by atoms with Crippen molar-refractivity contribution in [2.75, 3.05) is 13.2 Å². The maximum absolute atomic E-state index is 8.90.